The molecule has 3 heteroatoms. The topological polar surface area (TPSA) is 44.5 Å². The van der Waals surface area contributed by atoms with Gasteiger partial charge in [0, 0.05) is 12.1 Å². The standard InChI is InChI=1S/C15H23NO2/c1-4-7-13-9-12(11-16)10-14(17-6-3)15(13)18-8-5-2/h4,9-10H,1,5-8,11,16H2,2-3H3. The maximum absolute atomic E-state index is 5.81. The number of hydrogen-bond donors (Lipinski definition) is 1. The van der Waals surface area contributed by atoms with E-state index in [1.165, 1.54) is 0 Å². The fraction of sp³-hybridized carbons (Fsp3) is 0.467. The first-order valence-electron chi connectivity index (χ1n) is 6.49. The Balaban J connectivity index is 3.15. The molecule has 0 saturated heterocycles. The molecule has 0 aliphatic heterocycles. The molecule has 3 nitrogen and oxygen atoms in total. The zero-order valence-corrected chi connectivity index (χ0v) is 11.4. The van der Waals surface area contributed by atoms with Crippen LogP contribution in [0.1, 0.15) is 31.4 Å². The van der Waals surface area contributed by atoms with Gasteiger partial charge in [-0.3, -0.25) is 0 Å². The summed E-state index contributed by atoms with van der Waals surface area (Å²) in [4.78, 5) is 0. The molecule has 0 saturated carbocycles. The number of ether oxygens (including phenoxy) is 2. The van der Waals surface area contributed by atoms with Gasteiger partial charge in [0.25, 0.3) is 0 Å². The van der Waals surface area contributed by atoms with E-state index in [0.717, 1.165) is 35.5 Å². The quantitative estimate of drug-likeness (QED) is 0.720. The lowest BCUT2D eigenvalue weighted by Gasteiger charge is -2.16. The predicted octanol–water partition coefficient (Wildman–Crippen LogP) is 3.06. The fourth-order valence-electron chi connectivity index (χ4n) is 1.78. The van der Waals surface area contributed by atoms with Crippen LogP contribution in [0.15, 0.2) is 24.8 Å². The third-order valence-electron chi connectivity index (χ3n) is 2.54. The molecule has 0 amide bonds. The van der Waals surface area contributed by atoms with Crippen molar-refractivity contribution < 1.29 is 9.47 Å². The summed E-state index contributed by atoms with van der Waals surface area (Å²) >= 11 is 0. The monoisotopic (exact) mass is 249 g/mol. The highest BCUT2D eigenvalue weighted by atomic mass is 16.5. The van der Waals surface area contributed by atoms with Crippen molar-refractivity contribution in [2.75, 3.05) is 13.2 Å². The Morgan fingerprint density at radius 1 is 1.28 bits per heavy atom. The smallest absolute Gasteiger partial charge is 0.164 e. The van der Waals surface area contributed by atoms with Crippen molar-refractivity contribution >= 4 is 0 Å². The maximum atomic E-state index is 5.81. The molecule has 1 aromatic carbocycles. The summed E-state index contributed by atoms with van der Waals surface area (Å²) in [7, 11) is 0. The minimum Gasteiger partial charge on any atom is -0.490 e. The molecule has 100 valence electrons. The van der Waals surface area contributed by atoms with Gasteiger partial charge in [-0.15, -0.1) is 6.58 Å². The minimum absolute atomic E-state index is 0.498. The molecule has 0 heterocycles. The summed E-state index contributed by atoms with van der Waals surface area (Å²) in [6, 6.07) is 4.02. The molecule has 1 aromatic rings. The average molecular weight is 249 g/mol. The molecular weight excluding hydrogens is 226 g/mol. The highest BCUT2D eigenvalue weighted by molar-refractivity contribution is 5.50. The molecule has 18 heavy (non-hydrogen) atoms. The summed E-state index contributed by atoms with van der Waals surface area (Å²) in [5.74, 6) is 1.61. The molecular formula is C15H23NO2. The summed E-state index contributed by atoms with van der Waals surface area (Å²) in [5.41, 5.74) is 7.85. The molecule has 2 N–H and O–H groups in total. The van der Waals surface area contributed by atoms with Gasteiger partial charge >= 0.3 is 0 Å². The van der Waals surface area contributed by atoms with E-state index >= 15 is 0 Å². The van der Waals surface area contributed by atoms with Crippen LogP contribution in [-0.4, -0.2) is 13.2 Å². The highest BCUT2D eigenvalue weighted by Crippen LogP contribution is 2.34. The van der Waals surface area contributed by atoms with Crippen LogP contribution >= 0.6 is 0 Å². The van der Waals surface area contributed by atoms with Gasteiger partial charge in [-0.2, -0.15) is 0 Å². The Labute approximate surface area is 110 Å². The van der Waals surface area contributed by atoms with Gasteiger partial charge in [-0.25, -0.2) is 0 Å². The SMILES string of the molecule is C=CCc1cc(CN)cc(OCC)c1OCCC. The first-order valence-corrected chi connectivity index (χ1v) is 6.49. The molecule has 0 aliphatic carbocycles. The van der Waals surface area contributed by atoms with Crippen LogP contribution in [0.5, 0.6) is 11.5 Å². The van der Waals surface area contributed by atoms with E-state index in [2.05, 4.69) is 19.6 Å². The lowest BCUT2D eigenvalue weighted by Crippen LogP contribution is -2.06. The molecule has 0 unspecified atom stereocenters. The first-order chi connectivity index (χ1) is 8.76. The number of allylic oxidation sites excluding steroid dienone is 1. The van der Waals surface area contributed by atoms with E-state index < -0.39 is 0 Å². The van der Waals surface area contributed by atoms with E-state index in [1.807, 2.05) is 19.1 Å². The van der Waals surface area contributed by atoms with Crippen LogP contribution < -0.4 is 15.2 Å². The van der Waals surface area contributed by atoms with Gasteiger partial charge in [0.15, 0.2) is 11.5 Å². The van der Waals surface area contributed by atoms with E-state index in [1.54, 1.807) is 0 Å². The van der Waals surface area contributed by atoms with Gasteiger partial charge in [-0.05, 0) is 31.4 Å². The van der Waals surface area contributed by atoms with E-state index in [4.69, 9.17) is 15.2 Å². The van der Waals surface area contributed by atoms with E-state index in [-0.39, 0.29) is 0 Å². The predicted molar refractivity (Wildman–Crippen MR) is 75.2 cm³/mol. The van der Waals surface area contributed by atoms with Gasteiger partial charge in [0.1, 0.15) is 0 Å². The average Bonchev–Trinajstić information content (AvgIpc) is 2.38. The molecule has 0 atom stereocenters. The van der Waals surface area contributed by atoms with Crippen molar-refractivity contribution in [3.63, 3.8) is 0 Å². The fourth-order valence-corrected chi connectivity index (χ4v) is 1.78. The van der Waals surface area contributed by atoms with Crippen molar-refractivity contribution in [2.24, 2.45) is 5.73 Å². The summed E-state index contributed by atoms with van der Waals surface area (Å²) in [6.07, 6.45) is 3.59. The second-order valence-electron chi connectivity index (χ2n) is 4.06. The number of rotatable bonds is 8. The second-order valence-corrected chi connectivity index (χ2v) is 4.06. The van der Waals surface area contributed by atoms with Crippen LogP contribution in [0, 0.1) is 0 Å². The number of hydrogen-bond acceptors (Lipinski definition) is 3. The zero-order chi connectivity index (χ0) is 13.4. The normalized spacial score (nSPS) is 10.2. The second kappa shape index (κ2) is 7.77. The highest BCUT2D eigenvalue weighted by Gasteiger charge is 2.12. The van der Waals surface area contributed by atoms with Crippen LogP contribution in [-0.2, 0) is 13.0 Å². The summed E-state index contributed by atoms with van der Waals surface area (Å²) < 4.78 is 11.5. The molecule has 0 fully saturated rings. The summed E-state index contributed by atoms with van der Waals surface area (Å²) in [6.45, 7) is 9.63. The van der Waals surface area contributed by atoms with Crippen molar-refractivity contribution in [2.45, 2.75) is 33.2 Å². The van der Waals surface area contributed by atoms with E-state index in [0.29, 0.717) is 19.8 Å². The number of benzene rings is 1. The third-order valence-corrected chi connectivity index (χ3v) is 2.54. The van der Waals surface area contributed by atoms with Crippen LogP contribution in [0.25, 0.3) is 0 Å². The van der Waals surface area contributed by atoms with Gasteiger partial charge in [0.2, 0.25) is 0 Å². The van der Waals surface area contributed by atoms with E-state index in [9.17, 15) is 0 Å². The van der Waals surface area contributed by atoms with Crippen molar-refractivity contribution in [3.05, 3.63) is 35.9 Å². The number of nitrogens with two attached hydrogens (primary N) is 1. The zero-order valence-electron chi connectivity index (χ0n) is 11.4. The lowest BCUT2D eigenvalue weighted by molar-refractivity contribution is 0.274. The van der Waals surface area contributed by atoms with Gasteiger partial charge in [0.05, 0.1) is 13.2 Å². The maximum Gasteiger partial charge on any atom is 0.164 e. The molecule has 0 radical (unpaired) electrons. The lowest BCUT2D eigenvalue weighted by atomic mass is 10.1. The Morgan fingerprint density at radius 3 is 2.61 bits per heavy atom. The molecule has 0 aliphatic rings. The minimum atomic E-state index is 0.498. The van der Waals surface area contributed by atoms with Gasteiger partial charge in [-0.1, -0.05) is 19.1 Å². The summed E-state index contributed by atoms with van der Waals surface area (Å²) in [5, 5.41) is 0. The van der Waals surface area contributed by atoms with Crippen LogP contribution in [0.3, 0.4) is 0 Å². The third kappa shape index (κ3) is 3.77. The van der Waals surface area contributed by atoms with Crippen LogP contribution in [0.2, 0.25) is 0 Å². The Hall–Kier alpha value is -1.48. The van der Waals surface area contributed by atoms with Crippen LogP contribution in [0.4, 0.5) is 0 Å². The molecule has 0 aromatic heterocycles. The Morgan fingerprint density at radius 2 is 2.06 bits per heavy atom. The van der Waals surface area contributed by atoms with Crippen molar-refractivity contribution in [1.82, 2.24) is 0 Å². The van der Waals surface area contributed by atoms with Crippen molar-refractivity contribution in [1.29, 1.82) is 0 Å². The first kappa shape index (κ1) is 14.6. The molecule has 1 rings (SSSR count). The largest absolute Gasteiger partial charge is 0.490 e. The Kier molecular flexibility index (Phi) is 6.29. The molecule has 0 bridgehead atoms. The van der Waals surface area contributed by atoms with Gasteiger partial charge < -0.3 is 15.2 Å². The van der Waals surface area contributed by atoms with Crippen molar-refractivity contribution in [3.8, 4) is 11.5 Å². The molecule has 0 spiro atoms. The Bertz CT molecular complexity index is 388.